The zero-order chi connectivity index (χ0) is 16.2. The van der Waals surface area contributed by atoms with E-state index in [1.165, 1.54) is 24.3 Å². The Morgan fingerprint density at radius 1 is 0.850 bits per heavy atom. The molecule has 0 spiro atoms. The Morgan fingerprint density at radius 3 is 1.50 bits per heavy atom. The molecule has 0 aliphatic carbocycles. The minimum absolute atomic E-state index is 0.000486. The SMILES string of the molecule is FC(F)(F)C(F)(F)[I+]c1ccc(Cl)cc1.F[B-](F)(F)F. The molecule has 0 radical (unpaired) electrons. The summed E-state index contributed by atoms with van der Waals surface area (Å²) in [5, 5.41) is 0.304. The van der Waals surface area contributed by atoms with E-state index in [1.54, 1.807) is 0 Å². The zero-order valence-electron chi connectivity index (χ0n) is 9.04. The van der Waals surface area contributed by atoms with E-state index in [4.69, 9.17) is 11.6 Å². The first-order valence-corrected chi connectivity index (χ1v) is 6.99. The number of hydrogen-bond acceptors (Lipinski definition) is 0. The number of benzene rings is 1. The van der Waals surface area contributed by atoms with Crippen LogP contribution >= 0.6 is 11.6 Å². The van der Waals surface area contributed by atoms with Crippen LogP contribution in [-0.2, 0) is 0 Å². The fourth-order valence-corrected chi connectivity index (χ4v) is 2.62. The Balaban J connectivity index is 0.000000621. The molecule has 0 aliphatic rings. The van der Waals surface area contributed by atoms with Crippen molar-refractivity contribution in [1.29, 1.82) is 0 Å². The smallest absolute Gasteiger partial charge is 0.418 e. The van der Waals surface area contributed by atoms with Crippen LogP contribution in [0.3, 0.4) is 0 Å². The molecule has 0 heterocycles. The molecule has 12 heteroatoms. The van der Waals surface area contributed by atoms with Gasteiger partial charge in [-0.05, 0) is 24.3 Å². The Morgan fingerprint density at radius 2 is 1.20 bits per heavy atom. The van der Waals surface area contributed by atoms with Crippen molar-refractivity contribution in [3.8, 4) is 0 Å². The van der Waals surface area contributed by atoms with Crippen LogP contribution in [0, 0.1) is 3.57 Å². The predicted molar refractivity (Wildman–Crippen MR) is 51.3 cm³/mol. The first kappa shape index (κ1) is 19.7. The third kappa shape index (κ3) is 8.77. The van der Waals surface area contributed by atoms with Gasteiger partial charge in [-0.2, -0.15) is 13.2 Å². The van der Waals surface area contributed by atoms with Crippen molar-refractivity contribution in [3.05, 3.63) is 32.9 Å². The molecule has 0 fully saturated rings. The number of halogens is 11. The molecule has 0 aromatic heterocycles. The van der Waals surface area contributed by atoms with Gasteiger partial charge < -0.3 is 17.3 Å². The summed E-state index contributed by atoms with van der Waals surface area (Å²) < 4.78 is 95.2. The molecule has 0 bridgehead atoms. The third-order valence-electron chi connectivity index (χ3n) is 1.35. The lowest BCUT2D eigenvalue weighted by atomic mass is 10.3. The molecule has 0 saturated carbocycles. The zero-order valence-corrected chi connectivity index (χ0v) is 12.0. The summed E-state index contributed by atoms with van der Waals surface area (Å²) >= 11 is 3.04. The summed E-state index contributed by atoms with van der Waals surface area (Å²) in [7, 11) is -6.00. The van der Waals surface area contributed by atoms with Gasteiger partial charge in [-0.15, -0.1) is 8.78 Å². The third-order valence-corrected chi connectivity index (χ3v) is 4.24. The molecule has 0 unspecified atom stereocenters. The molecule has 116 valence electrons. The van der Waals surface area contributed by atoms with E-state index < -0.39 is 38.6 Å². The fraction of sp³-hybridized carbons (Fsp3) is 0.250. The van der Waals surface area contributed by atoms with E-state index in [9.17, 15) is 39.2 Å². The summed E-state index contributed by atoms with van der Waals surface area (Å²) in [6, 6.07) is 4.97. The van der Waals surface area contributed by atoms with Crippen LogP contribution in [0.15, 0.2) is 24.3 Å². The van der Waals surface area contributed by atoms with Crippen molar-refractivity contribution >= 4 is 18.9 Å². The highest BCUT2D eigenvalue weighted by molar-refractivity contribution is 6.50. The van der Waals surface area contributed by atoms with Crippen molar-refractivity contribution in [2.24, 2.45) is 0 Å². The van der Waals surface area contributed by atoms with Gasteiger partial charge in [-0.25, -0.2) is 0 Å². The summed E-state index contributed by atoms with van der Waals surface area (Å²) in [5.74, 6) is 0. The Labute approximate surface area is 122 Å². The van der Waals surface area contributed by atoms with E-state index in [1.807, 2.05) is 0 Å². The van der Waals surface area contributed by atoms with Gasteiger partial charge >= 0.3 is 38.6 Å². The molecular weight excluding hydrogens is 440 g/mol. The molecule has 0 atom stereocenters. The van der Waals surface area contributed by atoms with Gasteiger partial charge in [0.15, 0.2) is 3.57 Å². The van der Waals surface area contributed by atoms with Crippen LogP contribution in [0.2, 0.25) is 5.02 Å². The lowest BCUT2D eigenvalue weighted by Gasteiger charge is -2.07. The van der Waals surface area contributed by atoms with Crippen LogP contribution in [0.4, 0.5) is 39.2 Å². The number of hydrogen-bond donors (Lipinski definition) is 0. The second-order valence-corrected chi connectivity index (χ2v) is 6.60. The van der Waals surface area contributed by atoms with E-state index in [0.29, 0.717) is 5.02 Å². The Bertz CT molecular complexity index is 407. The van der Waals surface area contributed by atoms with E-state index >= 15 is 0 Å². The Kier molecular flexibility index (Phi) is 6.98. The number of alkyl halides is 6. The van der Waals surface area contributed by atoms with Gasteiger partial charge in [0, 0.05) is 5.02 Å². The highest BCUT2D eigenvalue weighted by atomic mass is 127. The van der Waals surface area contributed by atoms with Crippen LogP contribution in [0.25, 0.3) is 0 Å². The van der Waals surface area contributed by atoms with Crippen LogP contribution in [0.5, 0.6) is 0 Å². The lowest BCUT2D eigenvalue weighted by molar-refractivity contribution is -0.791. The molecule has 1 rings (SSSR count). The van der Waals surface area contributed by atoms with E-state index in [-0.39, 0.29) is 3.57 Å². The minimum atomic E-state index is -6.00. The maximum atomic E-state index is 12.6. The van der Waals surface area contributed by atoms with Gasteiger partial charge in [0.1, 0.15) is 0 Å². The molecule has 0 N–H and O–H groups in total. The summed E-state index contributed by atoms with van der Waals surface area (Å²) in [5.41, 5.74) is 0. The van der Waals surface area contributed by atoms with Crippen molar-refractivity contribution in [1.82, 2.24) is 0 Å². The normalized spacial score (nSPS) is 12.7. The Hall–Kier alpha value is -0.325. The highest BCUT2D eigenvalue weighted by Crippen LogP contribution is 2.27. The van der Waals surface area contributed by atoms with Crippen molar-refractivity contribution in [2.75, 3.05) is 0 Å². The average Bonchev–Trinajstić information content (AvgIpc) is 2.17. The van der Waals surface area contributed by atoms with Crippen LogP contribution < -0.4 is 21.2 Å². The molecule has 0 nitrogen and oxygen atoms in total. The van der Waals surface area contributed by atoms with Gasteiger partial charge in [0.2, 0.25) is 0 Å². The van der Waals surface area contributed by atoms with Crippen molar-refractivity contribution in [2.45, 2.75) is 10.1 Å². The van der Waals surface area contributed by atoms with Gasteiger partial charge in [0.05, 0.1) is 0 Å². The van der Waals surface area contributed by atoms with Crippen molar-refractivity contribution in [3.63, 3.8) is 0 Å². The predicted octanol–water partition coefficient (Wildman–Crippen LogP) is 2.05. The van der Waals surface area contributed by atoms with Gasteiger partial charge in [-0.3, -0.25) is 0 Å². The molecule has 1 aromatic carbocycles. The summed E-state index contributed by atoms with van der Waals surface area (Å²) in [6.07, 6.45) is -5.47. The molecule has 0 aliphatic heterocycles. The van der Waals surface area contributed by atoms with E-state index in [2.05, 4.69) is 0 Å². The molecule has 1 aromatic rings. The summed E-state index contributed by atoms with van der Waals surface area (Å²) in [4.78, 5) is 0. The first-order chi connectivity index (χ1) is 8.72. The maximum absolute atomic E-state index is 12.6. The lowest BCUT2D eigenvalue weighted by Crippen LogP contribution is -3.68. The second-order valence-electron chi connectivity index (χ2n) is 3.02. The highest BCUT2D eigenvalue weighted by Gasteiger charge is 2.70. The molecule has 0 saturated heterocycles. The average molecular weight is 444 g/mol. The van der Waals surface area contributed by atoms with Gasteiger partial charge in [0.25, 0.3) is 0 Å². The number of rotatable bonds is 2. The molecule has 20 heavy (non-hydrogen) atoms. The first-order valence-electron chi connectivity index (χ1n) is 4.46. The maximum Gasteiger partial charge on any atom is 0.673 e. The quantitative estimate of drug-likeness (QED) is 0.284. The minimum Gasteiger partial charge on any atom is -0.418 e. The summed E-state index contributed by atoms with van der Waals surface area (Å²) in [6.45, 7) is 0. The second kappa shape index (κ2) is 7.10. The standard InChI is InChI=1S/C8H4ClF5I.BF4/c9-5-1-3-6(4-2-5)15-8(13,14)7(10,11)12;2-1(3,4)5/h1-4H;/q+1;-1. The van der Waals surface area contributed by atoms with Crippen molar-refractivity contribution < 1.29 is 60.4 Å². The van der Waals surface area contributed by atoms with Crippen LogP contribution in [-0.4, -0.2) is 17.4 Å². The molecular formula is C8H4BClF9I. The monoisotopic (exact) mass is 444 g/mol. The largest absolute Gasteiger partial charge is 0.673 e. The van der Waals surface area contributed by atoms with Crippen LogP contribution in [0.1, 0.15) is 0 Å². The van der Waals surface area contributed by atoms with Gasteiger partial charge in [-0.1, -0.05) is 11.6 Å². The molecule has 0 amide bonds. The fourth-order valence-electron chi connectivity index (χ4n) is 0.683. The topological polar surface area (TPSA) is 0 Å². The van der Waals surface area contributed by atoms with E-state index in [0.717, 1.165) is 0 Å².